The molecule has 1 rings (SSSR count). The van der Waals surface area contributed by atoms with Gasteiger partial charge in [-0.1, -0.05) is 18.7 Å². The number of thioether (sulfide) groups is 1. The first-order valence-electron chi connectivity index (χ1n) is 4.58. The van der Waals surface area contributed by atoms with Crippen molar-refractivity contribution in [3.05, 3.63) is 5.82 Å². The van der Waals surface area contributed by atoms with E-state index in [1.807, 2.05) is 18.5 Å². The van der Waals surface area contributed by atoms with Gasteiger partial charge in [-0.05, 0) is 6.42 Å². The predicted octanol–water partition coefficient (Wildman–Crippen LogP) is 0.137. The fraction of sp³-hybridized carbons (Fsp3) is 0.750. The third kappa shape index (κ3) is 2.70. The summed E-state index contributed by atoms with van der Waals surface area (Å²) in [6, 6.07) is 0. The lowest BCUT2D eigenvalue weighted by Crippen LogP contribution is -2.09. The summed E-state index contributed by atoms with van der Waals surface area (Å²) in [7, 11) is 1.88. The van der Waals surface area contributed by atoms with Crippen molar-refractivity contribution in [2.75, 3.05) is 5.75 Å². The molecule has 0 aromatic carbocycles. The number of aliphatic hydroxyl groups is 1. The van der Waals surface area contributed by atoms with Crippen molar-refractivity contribution in [2.24, 2.45) is 12.8 Å². The van der Waals surface area contributed by atoms with Gasteiger partial charge in [0.2, 0.25) is 0 Å². The third-order valence-electron chi connectivity index (χ3n) is 1.98. The van der Waals surface area contributed by atoms with Crippen molar-refractivity contribution < 1.29 is 5.11 Å². The molecule has 0 fully saturated rings. The molecule has 0 saturated carbocycles. The first-order valence-corrected chi connectivity index (χ1v) is 5.56. The van der Waals surface area contributed by atoms with Gasteiger partial charge in [0, 0.05) is 12.8 Å². The summed E-state index contributed by atoms with van der Waals surface area (Å²) in [6.45, 7) is 2.34. The van der Waals surface area contributed by atoms with Crippen molar-refractivity contribution >= 4 is 11.8 Å². The molecule has 1 aromatic heterocycles. The van der Waals surface area contributed by atoms with E-state index in [-0.39, 0.29) is 6.10 Å². The van der Waals surface area contributed by atoms with Crippen LogP contribution in [0.1, 0.15) is 19.2 Å². The lowest BCUT2D eigenvalue weighted by molar-refractivity contribution is 0.195. The van der Waals surface area contributed by atoms with Gasteiger partial charge in [0.25, 0.3) is 0 Å². The molecule has 0 aliphatic heterocycles. The minimum Gasteiger partial charge on any atom is -0.392 e. The normalized spacial score (nSPS) is 13.1. The van der Waals surface area contributed by atoms with Gasteiger partial charge in [0.15, 0.2) is 5.16 Å². The number of nitrogens with two attached hydrogens (primary N) is 1. The molecule has 1 unspecified atom stereocenters. The van der Waals surface area contributed by atoms with Gasteiger partial charge in [0.05, 0.1) is 12.6 Å². The van der Waals surface area contributed by atoms with Crippen LogP contribution in [0.5, 0.6) is 0 Å². The fourth-order valence-electron chi connectivity index (χ4n) is 0.937. The zero-order valence-corrected chi connectivity index (χ0v) is 9.29. The average Bonchev–Trinajstić information content (AvgIpc) is 2.56. The van der Waals surface area contributed by atoms with Crippen LogP contribution in [-0.2, 0) is 13.6 Å². The highest BCUT2D eigenvalue weighted by Gasteiger charge is 2.09. The molecule has 0 radical (unpaired) electrons. The number of rotatable bonds is 5. The molecule has 1 aromatic rings. The van der Waals surface area contributed by atoms with Crippen molar-refractivity contribution in [3.63, 3.8) is 0 Å². The van der Waals surface area contributed by atoms with Crippen LogP contribution < -0.4 is 5.73 Å². The van der Waals surface area contributed by atoms with Crippen molar-refractivity contribution in [1.29, 1.82) is 0 Å². The Labute approximate surface area is 87.7 Å². The quantitative estimate of drug-likeness (QED) is 0.684. The number of aliphatic hydroxyl groups excluding tert-OH is 1. The summed E-state index contributed by atoms with van der Waals surface area (Å²) in [6.07, 6.45) is 0.479. The Balaban J connectivity index is 2.54. The Morgan fingerprint density at radius 1 is 1.57 bits per heavy atom. The topological polar surface area (TPSA) is 77.0 Å². The summed E-state index contributed by atoms with van der Waals surface area (Å²) >= 11 is 1.50. The molecule has 0 spiro atoms. The summed E-state index contributed by atoms with van der Waals surface area (Å²) < 4.78 is 1.85. The van der Waals surface area contributed by atoms with E-state index in [0.29, 0.717) is 12.3 Å². The molecule has 6 heteroatoms. The van der Waals surface area contributed by atoms with Crippen LogP contribution in [0.25, 0.3) is 0 Å². The summed E-state index contributed by atoms with van der Waals surface area (Å²) in [4.78, 5) is 0. The average molecular weight is 216 g/mol. The highest BCUT2D eigenvalue weighted by atomic mass is 32.2. The lowest BCUT2D eigenvalue weighted by Gasteiger charge is -2.06. The van der Waals surface area contributed by atoms with E-state index >= 15 is 0 Å². The molecule has 80 valence electrons. The first-order chi connectivity index (χ1) is 6.69. The van der Waals surface area contributed by atoms with E-state index in [9.17, 15) is 5.11 Å². The van der Waals surface area contributed by atoms with E-state index in [0.717, 1.165) is 17.4 Å². The number of aromatic nitrogens is 3. The van der Waals surface area contributed by atoms with Crippen LogP contribution in [0.2, 0.25) is 0 Å². The molecule has 3 N–H and O–H groups in total. The van der Waals surface area contributed by atoms with Crippen molar-refractivity contribution in [1.82, 2.24) is 14.8 Å². The highest BCUT2D eigenvalue weighted by molar-refractivity contribution is 7.99. The minimum absolute atomic E-state index is 0.280. The lowest BCUT2D eigenvalue weighted by atomic mass is 10.3. The van der Waals surface area contributed by atoms with E-state index in [4.69, 9.17) is 5.73 Å². The largest absolute Gasteiger partial charge is 0.392 e. The van der Waals surface area contributed by atoms with E-state index in [2.05, 4.69) is 10.2 Å². The molecule has 0 bridgehead atoms. The Bertz CT molecular complexity index is 289. The Morgan fingerprint density at radius 2 is 2.29 bits per heavy atom. The second-order valence-electron chi connectivity index (χ2n) is 3.04. The van der Waals surface area contributed by atoms with Crippen molar-refractivity contribution in [2.45, 2.75) is 31.1 Å². The Morgan fingerprint density at radius 3 is 2.79 bits per heavy atom. The molecule has 0 aliphatic rings. The van der Waals surface area contributed by atoms with Gasteiger partial charge in [-0.25, -0.2) is 0 Å². The summed E-state index contributed by atoms with van der Waals surface area (Å²) in [5.41, 5.74) is 5.46. The molecular weight excluding hydrogens is 200 g/mol. The molecule has 0 amide bonds. The van der Waals surface area contributed by atoms with Gasteiger partial charge in [-0.15, -0.1) is 10.2 Å². The molecule has 1 heterocycles. The maximum atomic E-state index is 9.37. The minimum atomic E-state index is -0.280. The van der Waals surface area contributed by atoms with Crippen LogP contribution in [0, 0.1) is 0 Å². The maximum Gasteiger partial charge on any atom is 0.191 e. The van der Waals surface area contributed by atoms with Crippen LogP contribution in [-0.4, -0.2) is 31.7 Å². The number of hydrogen-bond acceptors (Lipinski definition) is 5. The van der Waals surface area contributed by atoms with Gasteiger partial charge in [-0.3, -0.25) is 0 Å². The zero-order valence-electron chi connectivity index (χ0n) is 8.47. The molecule has 0 aliphatic carbocycles. The summed E-state index contributed by atoms with van der Waals surface area (Å²) in [5.74, 6) is 1.41. The van der Waals surface area contributed by atoms with Crippen LogP contribution in [0.15, 0.2) is 5.16 Å². The SMILES string of the molecule is CCC(O)CSc1nnc(CN)n1C. The monoisotopic (exact) mass is 216 g/mol. The van der Waals surface area contributed by atoms with E-state index < -0.39 is 0 Å². The van der Waals surface area contributed by atoms with Crippen LogP contribution >= 0.6 is 11.8 Å². The summed E-state index contributed by atoms with van der Waals surface area (Å²) in [5, 5.41) is 18.1. The molecule has 14 heavy (non-hydrogen) atoms. The molecule has 0 saturated heterocycles. The first kappa shape index (κ1) is 11.5. The van der Waals surface area contributed by atoms with Gasteiger partial charge < -0.3 is 15.4 Å². The second-order valence-corrected chi connectivity index (χ2v) is 4.02. The highest BCUT2D eigenvalue weighted by Crippen LogP contribution is 2.17. The number of nitrogens with zero attached hydrogens (tertiary/aromatic N) is 3. The third-order valence-corrected chi connectivity index (χ3v) is 3.15. The van der Waals surface area contributed by atoms with Gasteiger partial charge in [-0.2, -0.15) is 0 Å². The zero-order chi connectivity index (χ0) is 10.6. The van der Waals surface area contributed by atoms with Gasteiger partial charge >= 0.3 is 0 Å². The Kier molecular flexibility index (Phi) is 4.37. The van der Waals surface area contributed by atoms with Crippen molar-refractivity contribution in [3.8, 4) is 0 Å². The van der Waals surface area contributed by atoms with Crippen LogP contribution in [0.3, 0.4) is 0 Å². The molecule has 5 nitrogen and oxygen atoms in total. The fourth-order valence-corrected chi connectivity index (χ4v) is 1.91. The van der Waals surface area contributed by atoms with E-state index in [1.165, 1.54) is 11.8 Å². The number of hydrogen-bond donors (Lipinski definition) is 2. The van der Waals surface area contributed by atoms with E-state index in [1.54, 1.807) is 0 Å². The predicted molar refractivity (Wildman–Crippen MR) is 55.9 cm³/mol. The molecule has 1 atom stereocenters. The standard InChI is InChI=1S/C8H16N4OS/c1-3-6(13)5-14-8-11-10-7(4-9)12(8)2/h6,13H,3-5,9H2,1-2H3. The Hall–Kier alpha value is -0.590. The smallest absolute Gasteiger partial charge is 0.191 e. The van der Waals surface area contributed by atoms with Crippen LogP contribution in [0.4, 0.5) is 0 Å². The second kappa shape index (κ2) is 5.33. The van der Waals surface area contributed by atoms with Gasteiger partial charge in [0.1, 0.15) is 5.82 Å². The molecular formula is C8H16N4OS. The maximum absolute atomic E-state index is 9.37.